The summed E-state index contributed by atoms with van der Waals surface area (Å²) in [4.78, 5) is 2.44. The van der Waals surface area contributed by atoms with Crippen molar-refractivity contribution in [2.75, 3.05) is 0 Å². The Hall–Kier alpha value is -0.160. The van der Waals surface area contributed by atoms with Crippen LogP contribution in [0.25, 0.3) is 0 Å². The average Bonchev–Trinajstić information content (AvgIpc) is 2.71. The van der Waals surface area contributed by atoms with E-state index in [4.69, 9.17) is 0 Å². The maximum Gasteiger partial charge on any atom is 0.106 e. The predicted molar refractivity (Wildman–Crippen MR) is 69.9 cm³/mol. The van der Waals surface area contributed by atoms with Crippen molar-refractivity contribution in [3.05, 3.63) is 42.2 Å². The Morgan fingerprint density at radius 2 is 2.07 bits per heavy atom. The fourth-order valence-electron chi connectivity index (χ4n) is 1.57. The van der Waals surface area contributed by atoms with E-state index in [1.807, 2.05) is 11.4 Å². The number of hydrogen-bond donors (Lipinski definition) is 1. The second-order valence-corrected chi connectivity index (χ2v) is 7.21. The number of rotatable bonds is 2. The highest BCUT2D eigenvalue weighted by molar-refractivity contribution is 9.11. The molecule has 0 aliphatic carbocycles. The molecule has 80 valence electrons. The first-order valence-corrected chi connectivity index (χ1v) is 7.06. The van der Waals surface area contributed by atoms with Crippen LogP contribution in [0.5, 0.6) is 0 Å². The number of thiophene rings is 2. The summed E-state index contributed by atoms with van der Waals surface area (Å²) in [7, 11) is 0. The second kappa shape index (κ2) is 4.37. The van der Waals surface area contributed by atoms with Crippen molar-refractivity contribution in [2.24, 2.45) is 0 Å². The average molecular weight is 303 g/mol. The van der Waals surface area contributed by atoms with Crippen LogP contribution in [0, 0.1) is 13.8 Å². The van der Waals surface area contributed by atoms with Gasteiger partial charge < -0.3 is 5.11 Å². The van der Waals surface area contributed by atoms with Gasteiger partial charge in [-0.15, -0.1) is 22.7 Å². The zero-order valence-electron chi connectivity index (χ0n) is 8.45. The molecule has 1 N–H and O–H groups in total. The van der Waals surface area contributed by atoms with Crippen LogP contribution in [0.3, 0.4) is 0 Å². The molecular weight excluding hydrogens is 292 g/mol. The van der Waals surface area contributed by atoms with Crippen LogP contribution in [0.1, 0.15) is 27.0 Å². The Morgan fingerprint density at radius 1 is 1.33 bits per heavy atom. The number of hydrogen-bond acceptors (Lipinski definition) is 3. The Morgan fingerprint density at radius 3 is 2.53 bits per heavy atom. The van der Waals surface area contributed by atoms with Gasteiger partial charge in [0.1, 0.15) is 6.10 Å². The van der Waals surface area contributed by atoms with Gasteiger partial charge in [0.05, 0.1) is 3.79 Å². The van der Waals surface area contributed by atoms with E-state index in [-0.39, 0.29) is 0 Å². The molecule has 0 radical (unpaired) electrons. The quantitative estimate of drug-likeness (QED) is 0.878. The summed E-state index contributed by atoms with van der Waals surface area (Å²) in [6.45, 7) is 4.12. The van der Waals surface area contributed by atoms with Crippen LogP contribution in [-0.4, -0.2) is 5.11 Å². The minimum Gasteiger partial charge on any atom is -0.384 e. The van der Waals surface area contributed by atoms with Gasteiger partial charge in [-0.1, -0.05) is 0 Å². The van der Waals surface area contributed by atoms with Crippen LogP contribution >= 0.6 is 38.6 Å². The van der Waals surface area contributed by atoms with Gasteiger partial charge in [0.25, 0.3) is 0 Å². The number of aryl methyl sites for hydroxylation is 2. The second-order valence-electron chi connectivity index (χ2n) is 3.46. The standard InChI is InChI=1S/C11H11BrOS2/c1-6-3-9(7(2)15-6)11(13)8-4-10(12)14-5-8/h3-5,11,13H,1-2H3. The predicted octanol–water partition coefficient (Wildman–Crippen LogP) is 4.27. The fourth-order valence-corrected chi connectivity index (χ4v) is 3.72. The molecule has 0 bridgehead atoms. The van der Waals surface area contributed by atoms with E-state index in [1.165, 1.54) is 9.75 Å². The molecule has 0 amide bonds. The first-order valence-electron chi connectivity index (χ1n) is 4.57. The van der Waals surface area contributed by atoms with E-state index in [2.05, 4.69) is 35.8 Å². The molecule has 0 aliphatic rings. The van der Waals surface area contributed by atoms with E-state index in [0.717, 1.165) is 14.9 Å². The lowest BCUT2D eigenvalue weighted by Gasteiger charge is -2.07. The normalized spacial score (nSPS) is 13.1. The Bertz CT molecular complexity index is 473. The highest BCUT2D eigenvalue weighted by Gasteiger charge is 2.16. The summed E-state index contributed by atoms with van der Waals surface area (Å²) in [5.41, 5.74) is 2.00. The Balaban J connectivity index is 2.35. The number of halogens is 1. The first-order chi connectivity index (χ1) is 7.08. The molecule has 1 nitrogen and oxygen atoms in total. The number of aliphatic hydroxyl groups excluding tert-OH is 1. The summed E-state index contributed by atoms with van der Waals surface area (Å²) in [6.07, 6.45) is -0.488. The van der Waals surface area contributed by atoms with E-state index < -0.39 is 6.10 Å². The van der Waals surface area contributed by atoms with Gasteiger partial charge in [-0.3, -0.25) is 0 Å². The molecule has 2 heterocycles. The largest absolute Gasteiger partial charge is 0.384 e. The Labute approximate surface area is 106 Å². The summed E-state index contributed by atoms with van der Waals surface area (Å²) in [5, 5.41) is 12.2. The molecule has 2 aromatic heterocycles. The molecule has 2 rings (SSSR count). The molecule has 15 heavy (non-hydrogen) atoms. The molecule has 0 aliphatic heterocycles. The van der Waals surface area contributed by atoms with Crippen LogP contribution in [0.2, 0.25) is 0 Å². The third kappa shape index (κ3) is 2.33. The van der Waals surface area contributed by atoms with Crippen molar-refractivity contribution in [1.29, 1.82) is 0 Å². The van der Waals surface area contributed by atoms with Crippen LogP contribution in [0.4, 0.5) is 0 Å². The lowest BCUT2D eigenvalue weighted by atomic mass is 10.1. The SMILES string of the molecule is Cc1cc(C(O)c2csc(Br)c2)c(C)s1. The molecule has 2 aromatic rings. The molecule has 0 aromatic carbocycles. The molecule has 0 spiro atoms. The van der Waals surface area contributed by atoms with E-state index in [1.54, 1.807) is 22.7 Å². The highest BCUT2D eigenvalue weighted by Crippen LogP contribution is 2.33. The summed E-state index contributed by atoms with van der Waals surface area (Å²) in [6, 6.07) is 4.04. The lowest BCUT2D eigenvalue weighted by Crippen LogP contribution is -1.97. The van der Waals surface area contributed by atoms with Gasteiger partial charge in [-0.25, -0.2) is 0 Å². The number of aliphatic hydroxyl groups is 1. The monoisotopic (exact) mass is 302 g/mol. The summed E-state index contributed by atoms with van der Waals surface area (Å²) >= 11 is 6.74. The lowest BCUT2D eigenvalue weighted by molar-refractivity contribution is 0.220. The van der Waals surface area contributed by atoms with Crippen molar-refractivity contribution in [2.45, 2.75) is 20.0 Å². The molecule has 1 unspecified atom stereocenters. The molecular formula is C11H11BrOS2. The molecule has 0 saturated heterocycles. The molecule has 0 fully saturated rings. The van der Waals surface area contributed by atoms with Crippen molar-refractivity contribution in [3.63, 3.8) is 0 Å². The summed E-state index contributed by atoms with van der Waals surface area (Å²) in [5.74, 6) is 0. The topological polar surface area (TPSA) is 20.2 Å². The minimum absolute atomic E-state index is 0.488. The molecule has 1 atom stereocenters. The minimum atomic E-state index is -0.488. The van der Waals surface area contributed by atoms with Crippen molar-refractivity contribution < 1.29 is 5.11 Å². The molecule has 0 saturated carbocycles. The van der Waals surface area contributed by atoms with Gasteiger partial charge in [0.15, 0.2) is 0 Å². The first kappa shape index (κ1) is 11.3. The van der Waals surface area contributed by atoms with E-state index in [0.29, 0.717) is 0 Å². The zero-order valence-corrected chi connectivity index (χ0v) is 11.7. The van der Waals surface area contributed by atoms with Gasteiger partial charge in [0.2, 0.25) is 0 Å². The third-order valence-electron chi connectivity index (χ3n) is 2.28. The third-order valence-corrected chi connectivity index (χ3v) is 4.78. The van der Waals surface area contributed by atoms with Gasteiger partial charge in [-0.05, 0) is 58.4 Å². The molecule has 4 heteroatoms. The maximum atomic E-state index is 10.2. The van der Waals surface area contributed by atoms with E-state index >= 15 is 0 Å². The maximum absolute atomic E-state index is 10.2. The van der Waals surface area contributed by atoms with Gasteiger partial charge >= 0.3 is 0 Å². The van der Waals surface area contributed by atoms with Crippen LogP contribution in [-0.2, 0) is 0 Å². The van der Waals surface area contributed by atoms with Crippen molar-refractivity contribution in [1.82, 2.24) is 0 Å². The fraction of sp³-hybridized carbons (Fsp3) is 0.273. The van der Waals surface area contributed by atoms with Gasteiger partial charge in [0, 0.05) is 9.75 Å². The van der Waals surface area contributed by atoms with Crippen molar-refractivity contribution in [3.8, 4) is 0 Å². The van der Waals surface area contributed by atoms with Crippen molar-refractivity contribution >= 4 is 38.6 Å². The highest BCUT2D eigenvalue weighted by atomic mass is 79.9. The van der Waals surface area contributed by atoms with E-state index in [9.17, 15) is 5.11 Å². The van der Waals surface area contributed by atoms with Crippen LogP contribution < -0.4 is 0 Å². The summed E-state index contributed by atoms with van der Waals surface area (Å²) < 4.78 is 1.06. The smallest absolute Gasteiger partial charge is 0.106 e. The van der Waals surface area contributed by atoms with Crippen LogP contribution in [0.15, 0.2) is 21.3 Å². The Kier molecular flexibility index (Phi) is 3.30. The van der Waals surface area contributed by atoms with Gasteiger partial charge in [-0.2, -0.15) is 0 Å². The zero-order chi connectivity index (χ0) is 11.0.